The van der Waals surface area contributed by atoms with Crippen molar-refractivity contribution in [3.63, 3.8) is 0 Å². The van der Waals surface area contributed by atoms with Crippen molar-refractivity contribution in [3.05, 3.63) is 40.3 Å². The summed E-state index contributed by atoms with van der Waals surface area (Å²) in [5.74, 6) is 0.356. The summed E-state index contributed by atoms with van der Waals surface area (Å²) in [4.78, 5) is 4.13. The lowest BCUT2D eigenvalue weighted by molar-refractivity contribution is -0.0518. The minimum absolute atomic E-state index is 0.0655. The Hall–Kier alpha value is -1.73. The molecule has 0 atom stereocenters. The second-order valence-electron chi connectivity index (χ2n) is 3.91. The third-order valence-corrected chi connectivity index (χ3v) is 3.23. The maximum atomic E-state index is 12.5. The van der Waals surface area contributed by atoms with Crippen LogP contribution in [0.5, 0.6) is 11.5 Å². The van der Waals surface area contributed by atoms with Gasteiger partial charge >= 0.3 is 6.61 Å². The molecule has 0 bridgehead atoms. The second-order valence-corrected chi connectivity index (χ2v) is 4.63. The number of thiazole rings is 1. The fraction of sp³-hybridized carbons (Fsp3) is 0.308. The molecule has 0 saturated heterocycles. The van der Waals surface area contributed by atoms with Crippen LogP contribution in [0.25, 0.3) is 0 Å². The first kappa shape index (κ1) is 14.7. The van der Waals surface area contributed by atoms with Gasteiger partial charge in [-0.25, -0.2) is 4.98 Å². The highest BCUT2D eigenvalue weighted by molar-refractivity contribution is 7.07. The Morgan fingerprint density at radius 2 is 2.20 bits per heavy atom. The Labute approximate surface area is 119 Å². The molecular weight excluding hydrogens is 286 g/mol. The van der Waals surface area contributed by atoms with Crippen LogP contribution in [0.1, 0.15) is 11.3 Å². The van der Waals surface area contributed by atoms with Crippen LogP contribution in [0.2, 0.25) is 0 Å². The van der Waals surface area contributed by atoms with Crippen molar-refractivity contribution >= 4 is 11.3 Å². The molecule has 1 heterocycles. The first-order valence-corrected chi connectivity index (χ1v) is 6.83. The summed E-state index contributed by atoms with van der Waals surface area (Å²) in [6, 6.07) is 5.03. The van der Waals surface area contributed by atoms with Gasteiger partial charge in [-0.2, -0.15) is 8.78 Å². The van der Waals surface area contributed by atoms with Crippen molar-refractivity contribution in [1.82, 2.24) is 10.3 Å². The van der Waals surface area contributed by atoms with E-state index >= 15 is 0 Å². The van der Waals surface area contributed by atoms with Gasteiger partial charge in [0.1, 0.15) is 0 Å². The second kappa shape index (κ2) is 7.16. The number of hydrogen-bond donors (Lipinski definition) is 1. The molecule has 0 unspecified atom stereocenters. The van der Waals surface area contributed by atoms with E-state index in [1.807, 2.05) is 5.38 Å². The van der Waals surface area contributed by atoms with Crippen molar-refractivity contribution in [1.29, 1.82) is 0 Å². The number of nitrogens with one attached hydrogen (secondary N) is 1. The summed E-state index contributed by atoms with van der Waals surface area (Å²) in [6.07, 6.45) is 0. The normalized spacial score (nSPS) is 10.8. The maximum Gasteiger partial charge on any atom is 0.387 e. The standard InChI is InChI=1S/C13H14F2N2O2S/c1-18-11-4-2-3-9(12(11)19-13(14)15)5-16-6-10-7-20-8-17-10/h2-4,7-8,13,16H,5-6H2,1H3. The molecule has 0 aliphatic heterocycles. The molecule has 1 N–H and O–H groups in total. The highest BCUT2D eigenvalue weighted by atomic mass is 32.1. The smallest absolute Gasteiger partial charge is 0.387 e. The molecule has 0 saturated carbocycles. The molecular formula is C13H14F2N2O2S. The van der Waals surface area contributed by atoms with E-state index < -0.39 is 6.61 Å². The van der Waals surface area contributed by atoms with E-state index in [0.717, 1.165) is 5.69 Å². The number of alkyl halides is 2. The van der Waals surface area contributed by atoms with Gasteiger partial charge < -0.3 is 14.8 Å². The van der Waals surface area contributed by atoms with Crippen molar-refractivity contribution in [2.45, 2.75) is 19.7 Å². The minimum Gasteiger partial charge on any atom is -0.493 e. The van der Waals surface area contributed by atoms with Gasteiger partial charge in [0.25, 0.3) is 0 Å². The monoisotopic (exact) mass is 300 g/mol. The van der Waals surface area contributed by atoms with Crippen molar-refractivity contribution in [2.75, 3.05) is 7.11 Å². The van der Waals surface area contributed by atoms with Gasteiger partial charge in [0, 0.05) is 24.0 Å². The van der Waals surface area contributed by atoms with Gasteiger partial charge in [-0.1, -0.05) is 12.1 Å². The molecule has 2 aromatic rings. The lowest BCUT2D eigenvalue weighted by atomic mass is 10.2. The number of para-hydroxylation sites is 1. The molecule has 1 aromatic carbocycles. The fourth-order valence-corrected chi connectivity index (χ4v) is 2.29. The van der Waals surface area contributed by atoms with Gasteiger partial charge in [-0.3, -0.25) is 0 Å². The topological polar surface area (TPSA) is 43.4 Å². The summed E-state index contributed by atoms with van der Waals surface area (Å²) in [5.41, 5.74) is 3.27. The van der Waals surface area contributed by atoms with Crippen LogP contribution in [0.3, 0.4) is 0 Å². The zero-order valence-electron chi connectivity index (χ0n) is 10.8. The number of ether oxygens (including phenoxy) is 2. The van der Waals surface area contributed by atoms with Gasteiger partial charge in [-0.15, -0.1) is 11.3 Å². The molecule has 0 radical (unpaired) electrons. The lowest BCUT2D eigenvalue weighted by Crippen LogP contribution is -2.15. The van der Waals surface area contributed by atoms with Crippen molar-refractivity contribution in [2.24, 2.45) is 0 Å². The summed E-state index contributed by atoms with van der Waals surface area (Å²) in [6.45, 7) is -1.94. The number of hydrogen-bond acceptors (Lipinski definition) is 5. The highest BCUT2D eigenvalue weighted by Gasteiger charge is 2.14. The molecule has 0 fully saturated rings. The van der Waals surface area contributed by atoms with Crippen LogP contribution >= 0.6 is 11.3 Å². The van der Waals surface area contributed by atoms with E-state index in [2.05, 4.69) is 15.0 Å². The van der Waals surface area contributed by atoms with E-state index in [9.17, 15) is 8.78 Å². The molecule has 2 rings (SSSR count). The van der Waals surface area contributed by atoms with Crippen molar-refractivity contribution in [3.8, 4) is 11.5 Å². The molecule has 0 aliphatic carbocycles. The predicted molar refractivity (Wildman–Crippen MR) is 72.3 cm³/mol. The van der Waals surface area contributed by atoms with Gasteiger partial charge in [0.15, 0.2) is 11.5 Å². The first-order chi connectivity index (χ1) is 9.70. The summed E-state index contributed by atoms with van der Waals surface area (Å²) >= 11 is 1.51. The molecule has 1 aromatic heterocycles. The van der Waals surface area contributed by atoms with Gasteiger partial charge in [0.05, 0.1) is 18.3 Å². The molecule has 0 amide bonds. The molecule has 7 heteroatoms. The zero-order valence-corrected chi connectivity index (χ0v) is 11.6. The largest absolute Gasteiger partial charge is 0.493 e. The van der Waals surface area contributed by atoms with Crippen molar-refractivity contribution < 1.29 is 18.3 Å². The average molecular weight is 300 g/mol. The SMILES string of the molecule is COc1cccc(CNCc2cscn2)c1OC(F)F. The molecule has 20 heavy (non-hydrogen) atoms. The average Bonchev–Trinajstić information content (AvgIpc) is 2.93. The van der Waals surface area contributed by atoms with Crippen LogP contribution in [-0.4, -0.2) is 18.7 Å². The maximum absolute atomic E-state index is 12.5. The van der Waals surface area contributed by atoms with E-state index in [1.165, 1.54) is 18.4 Å². The molecule has 0 aliphatic rings. The van der Waals surface area contributed by atoms with Crippen LogP contribution < -0.4 is 14.8 Å². The highest BCUT2D eigenvalue weighted by Crippen LogP contribution is 2.32. The number of nitrogens with zero attached hydrogens (tertiary/aromatic N) is 1. The number of halogens is 2. The van der Waals surface area contributed by atoms with E-state index in [-0.39, 0.29) is 5.75 Å². The van der Waals surface area contributed by atoms with Crippen LogP contribution in [0.15, 0.2) is 29.1 Å². The number of benzene rings is 1. The summed E-state index contributed by atoms with van der Waals surface area (Å²) in [7, 11) is 1.42. The molecule has 108 valence electrons. The Bertz CT molecular complexity index is 535. The molecule has 4 nitrogen and oxygen atoms in total. The predicted octanol–water partition coefficient (Wildman–Crippen LogP) is 3.04. The van der Waals surface area contributed by atoms with Crippen LogP contribution in [-0.2, 0) is 13.1 Å². The Morgan fingerprint density at radius 1 is 1.35 bits per heavy atom. The third-order valence-electron chi connectivity index (χ3n) is 2.59. The van der Waals surface area contributed by atoms with E-state index in [4.69, 9.17) is 4.74 Å². The Balaban J connectivity index is 2.05. The Morgan fingerprint density at radius 3 is 2.85 bits per heavy atom. The quantitative estimate of drug-likeness (QED) is 0.853. The van der Waals surface area contributed by atoms with E-state index in [0.29, 0.717) is 24.4 Å². The Kier molecular flexibility index (Phi) is 5.25. The lowest BCUT2D eigenvalue weighted by Gasteiger charge is -2.14. The fourth-order valence-electron chi connectivity index (χ4n) is 1.73. The van der Waals surface area contributed by atoms with Gasteiger partial charge in [-0.05, 0) is 6.07 Å². The van der Waals surface area contributed by atoms with Crippen LogP contribution in [0, 0.1) is 0 Å². The van der Waals surface area contributed by atoms with Gasteiger partial charge in [0.2, 0.25) is 0 Å². The first-order valence-electron chi connectivity index (χ1n) is 5.89. The number of methoxy groups -OCH3 is 1. The van der Waals surface area contributed by atoms with Crippen LogP contribution in [0.4, 0.5) is 8.78 Å². The minimum atomic E-state index is -2.89. The number of aromatic nitrogens is 1. The van der Waals surface area contributed by atoms with E-state index in [1.54, 1.807) is 23.7 Å². The third kappa shape index (κ3) is 3.88. The summed E-state index contributed by atoms with van der Waals surface area (Å²) < 4.78 is 34.5. The number of rotatable bonds is 7. The zero-order chi connectivity index (χ0) is 14.4. The summed E-state index contributed by atoms with van der Waals surface area (Å²) in [5, 5.41) is 5.06. The molecule has 0 spiro atoms.